The smallest absolute Gasteiger partial charge is 0.252 e. The van der Waals surface area contributed by atoms with E-state index >= 15 is 0 Å². The summed E-state index contributed by atoms with van der Waals surface area (Å²) in [4.78, 5) is 0. The van der Waals surface area contributed by atoms with Gasteiger partial charge in [0.2, 0.25) is 0 Å². The summed E-state index contributed by atoms with van der Waals surface area (Å²) in [5, 5.41) is 0. The molecule has 0 spiro atoms. The number of hydrogen-bond donors (Lipinski definition) is 1. The van der Waals surface area contributed by atoms with Gasteiger partial charge in [-0.2, -0.15) is 4.31 Å². The van der Waals surface area contributed by atoms with E-state index in [9.17, 15) is 8.42 Å². The molecule has 2 heterocycles. The number of halogens is 2. The van der Waals surface area contributed by atoms with Gasteiger partial charge in [0, 0.05) is 19.1 Å². The highest BCUT2D eigenvalue weighted by molar-refractivity contribution is 9.11. The van der Waals surface area contributed by atoms with E-state index in [1.165, 1.54) is 15.6 Å². The van der Waals surface area contributed by atoms with Crippen molar-refractivity contribution in [3.8, 4) is 0 Å². The standard InChI is InChI=1S/C9H13BrN2O2S2.ClH/c10-8-3-4-9(15-8)16(13,14)12-5-1-2-7(12)6-11;/h3-4,7H,1-2,5-6,11H2;1H. The lowest BCUT2D eigenvalue weighted by molar-refractivity contribution is 0.394. The average molecular weight is 362 g/mol. The van der Waals surface area contributed by atoms with Gasteiger partial charge in [0.05, 0.1) is 3.79 Å². The molecule has 1 aliphatic rings. The van der Waals surface area contributed by atoms with E-state index < -0.39 is 10.0 Å². The van der Waals surface area contributed by atoms with Crippen LogP contribution >= 0.6 is 39.7 Å². The van der Waals surface area contributed by atoms with Crippen LogP contribution in [0.2, 0.25) is 0 Å². The zero-order valence-electron chi connectivity index (χ0n) is 9.00. The second-order valence-corrected chi connectivity index (χ2v) is 8.29. The van der Waals surface area contributed by atoms with Gasteiger partial charge in [-0.15, -0.1) is 23.7 Å². The topological polar surface area (TPSA) is 63.4 Å². The Morgan fingerprint density at radius 3 is 2.76 bits per heavy atom. The van der Waals surface area contributed by atoms with Crippen molar-refractivity contribution in [1.29, 1.82) is 0 Å². The van der Waals surface area contributed by atoms with E-state index in [1.54, 1.807) is 12.1 Å². The predicted octanol–water partition coefficient (Wildman–Crippen LogP) is 2.04. The van der Waals surface area contributed by atoms with Crippen molar-refractivity contribution in [3.63, 3.8) is 0 Å². The van der Waals surface area contributed by atoms with E-state index in [-0.39, 0.29) is 18.4 Å². The summed E-state index contributed by atoms with van der Waals surface area (Å²) in [6.45, 7) is 0.978. The van der Waals surface area contributed by atoms with Crippen LogP contribution in [0, 0.1) is 0 Å². The van der Waals surface area contributed by atoms with Crippen LogP contribution in [-0.4, -0.2) is 31.9 Å². The van der Waals surface area contributed by atoms with Crippen molar-refractivity contribution in [2.24, 2.45) is 5.73 Å². The molecule has 1 saturated heterocycles. The molecule has 1 fully saturated rings. The maximum atomic E-state index is 12.3. The fraction of sp³-hybridized carbons (Fsp3) is 0.556. The van der Waals surface area contributed by atoms with Gasteiger partial charge in [-0.3, -0.25) is 0 Å². The highest BCUT2D eigenvalue weighted by atomic mass is 79.9. The number of rotatable bonds is 3. The lowest BCUT2D eigenvalue weighted by Gasteiger charge is -2.21. The molecule has 1 aliphatic heterocycles. The van der Waals surface area contributed by atoms with Crippen molar-refractivity contribution in [2.45, 2.75) is 23.1 Å². The highest BCUT2D eigenvalue weighted by Gasteiger charge is 2.35. The average Bonchev–Trinajstić information content (AvgIpc) is 2.85. The quantitative estimate of drug-likeness (QED) is 0.896. The van der Waals surface area contributed by atoms with Crippen molar-refractivity contribution < 1.29 is 8.42 Å². The number of nitrogens with zero attached hydrogens (tertiary/aromatic N) is 1. The number of thiophene rings is 1. The van der Waals surface area contributed by atoms with Crippen molar-refractivity contribution in [1.82, 2.24) is 4.31 Å². The first kappa shape index (κ1) is 15.4. The van der Waals surface area contributed by atoms with Gasteiger partial charge in [0.25, 0.3) is 10.0 Å². The Kier molecular flexibility index (Phi) is 5.42. The summed E-state index contributed by atoms with van der Waals surface area (Å²) in [6, 6.07) is 3.35. The second kappa shape index (κ2) is 5.99. The molecular weight excluding hydrogens is 348 g/mol. The first-order valence-corrected chi connectivity index (χ1v) is 8.08. The molecular formula is C9H14BrClN2O2S2. The minimum Gasteiger partial charge on any atom is -0.329 e. The van der Waals surface area contributed by atoms with E-state index in [2.05, 4.69) is 15.9 Å². The minimum atomic E-state index is -3.34. The molecule has 1 aromatic rings. The fourth-order valence-corrected chi connectivity index (χ4v) is 5.76. The van der Waals surface area contributed by atoms with E-state index in [1.807, 2.05) is 0 Å². The third-order valence-electron chi connectivity index (χ3n) is 2.71. The molecule has 17 heavy (non-hydrogen) atoms. The molecule has 1 atom stereocenters. The zero-order valence-corrected chi connectivity index (χ0v) is 13.0. The Morgan fingerprint density at radius 2 is 2.24 bits per heavy atom. The summed E-state index contributed by atoms with van der Waals surface area (Å²) < 4.78 is 27.3. The van der Waals surface area contributed by atoms with Gasteiger partial charge >= 0.3 is 0 Å². The first-order valence-electron chi connectivity index (χ1n) is 5.03. The molecule has 0 radical (unpaired) electrons. The second-order valence-electron chi connectivity index (χ2n) is 3.71. The molecule has 2 N–H and O–H groups in total. The number of nitrogens with two attached hydrogens (primary N) is 1. The highest BCUT2D eigenvalue weighted by Crippen LogP contribution is 2.31. The van der Waals surface area contributed by atoms with Crippen LogP contribution in [0.3, 0.4) is 0 Å². The van der Waals surface area contributed by atoms with E-state index in [0.717, 1.165) is 16.6 Å². The normalized spacial score (nSPS) is 21.4. The maximum Gasteiger partial charge on any atom is 0.252 e. The minimum absolute atomic E-state index is 0. The summed E-state index contributed by atoms with van der Waals surface area (Å²) >= 11 is 4.52. The molecule has 1 aromatic heterocycles. The largest absolute Gasteiger partial charge is 0.329 e. The van der Waals surface area contributed by atoms with Crippen molar-refractivity contribution >= 4 is 49.7 Å². The molecule has 0 saturated carbocycles. The summed E-state index contributed by atoms with van der Waals surface area (Å²) in [5.41, 5.74) is 5.59. The number of sulfonamides is 1. The molecule has 98 valence electrons. The molecule has 0 bridgehead atoms. The lowest BCUT2D eigenvalue weighted by atomic mass is 10.2. The van der Waals surface area contributed by atoms with Crippen LogP contribution in [-0.2, 0) is 10.0 Å². The molecule has 2 rings (SSSR count). The molecule has 8 heteroatoms. The summed E-state index contributed by atoms with van der Waals surface area (Å²) in [6.07, 6.45) is 1.76. The van der Waals surface area contributed by atoms with Gasteiger partial charge in [-0.25, -0.2) is 8.42 Å². The zero-order chi connectivity index (χ0) is 11.8. The third kappa shape index (κ3) is 3.02. The van der Waals surface area contributed by atoms with Crippen molar-refractivity contribution in [2.75, 3.05) is 13.1 Å². The van der Waals surface area contributed by atoms with Gasteiger partial charge in [-0.05, 0) is 40.9 Å². The fourth-order valence-electron chi connectivity index (χ4n) is 1.91. The van der Waals surface area contributed by atoms with Crippen LogP contribution < -0.4 is 5.73 Å². The van der Waals surface area contributed by atoms with Gasteiger partial charge < -0.3 is 5.73 Å². The monoisotopic (exact) mass is 360 g/mol. The molecule has 0 aromatic carbocycles. The van der Waals surface area contributed by atoms with Crippen LogP contribution in [0.4, 0.5) is 0 Å². The van der Waals surface area contributed by atoms with Crippen LogP contribution in [0.15, 0.2) is 20.1 Å². The van der Waals surface area contributed by atoms with Crippen LogP contribution in [0.5, 0.6) is 0 Å². The Morgan fingerprint density at radius 1 is 1.53 bits per heavy atom. The Labute approximate surface area is 120 Å². The first-order chi connectivity index (χ1) is 7.55. The van der Waals surface area contributed by atoms with Crippen molar-refractivity contribution in [3.05, 3.63) is 15.9 Å². The molecule has 1 unspecified atom stereocenters. The SMILES string of the molecule is Cl.NCC1CCCN1S(=O)(=O)c1ccc(Br)s1. The third-order valence-corrected chi connectivity index (χ3v) is 6.75. The van der Waals surface area contributed by atoms with Crippen LogP contribution in [0.1, 0.15) is 12.8 Å². The maximum absolute atomic E-state index is 12.3. The van der Waals surface area contributed by atoms with E-state index in [0.29, 0.717) is 17.3 Å². The Balaban J connectivity index is 0.00000144. The van der Waals surface area contributed by atoms with Crippen LogP contribution in [0.25, 0.3) is 0 Å². The van der Waals surface area contributed by atoms with Gasteiger partial charge in [0.1, 0.15) is 4.21 Å². The lowest BCUT2D eigenvalue weighted by Crippen LogP contribution is -2.39. The van der Waals surface area contributed by atoms with Gasteiger partial charge in [0.15, 0.2) is 0 Å². The Hall–Kier alpha value is 0.340. The molecule has 0 aliphatic carbocycles. The predicted molar refractivity (Wildman–Crippen MR) is 75.2 cm³/mol. The molecule has 0 amide bonds. The van der Waals surface area contributed by atoms with Gasteiger partial charge in [-0.1, -0.05) is 0 Å². The summed E-state index contributed by atoms with van der Waals surface area (Å²) in [5.74, 6) is 0. The summed E-state index contributed by atoms with van der Waals surface area (Å²) in [7, 11) is -3.34. The number of hydrogen-bond acceptors (Lipinski definition) is 4. The Bertz CT molecular complexity index is 477. The molecule has 4 nitrogen and oxygen atoms in total. The van der Waals surface area contributed by atoms with E-state index in [4.69, 9.17) is 5.73 Å².